The number of carbonyl (C=O) groups excluding carboxylic acids is 2. The Morgan fingerprint density at radius 3 is 2.72 bits per heavy atom. The van der Waals surface area contributed by atoms with E-state index in [-0.39, 0.29) is 30.5 Å². The van der Waals surface area contributed by atoms with Crippen LogP contribution in [0.15, 0.2) is 60.8 Å². The van der Waals surface area contributed by atoms with Crippen LogP contribution in [0, 0.1) is 11.7 Å². The highest BCUT2D eigenvalue weighted by molar-refractivity contribution is 6.31. The molecule has 0 bridgehead atoms. The minimum atomic E-state index is -0.578. The van der Waals surface area contributed by atoms with Gasteiger partial charge in [-0.3, -0.25) is 9.59 Å². The van der Waals surface area contributed by atoms with Crippen LogP contribution in [0.1, 0.15) is 12.0 Å². The summed E-state index contributed by atoms with van der Waals surface area (Å²) in [6, 6.07) is 15.1. The van der Waals surface area contributed by atoms with Crippen LogP contribution in [0.5, 0.6) is 0 Å². The molecule has 29 heavy (non-hydrogen) atoms. The monoisotopic (exact) mass is 412 g/mol. The molecule has 2 heterocycles. The van der Waals surface area contributed by atoms with E-state index >= 15 is 0 Å². The van der Waals surface area contributed by atoms with Crippen molar-refractivity contribution in [3.63, 3.8) is 0 Å². The second kappa shape index (κ2) is 8.05. The van der Waals surface area contributed by atoms with Gasteiger partial charge in [-0.1, -0.05) is 41.9 Å². The molecule has 1 unspecified atom stereocenters. The Balaban J connectivity index is 1.46. The van der Waals surface area contributed by atoms with Crippen molar-refractivity contribution in [3.05, 3.63) is 77.2 Å². The van der Waals surface area contributed by atoms with Crippen molar-refractivity contribution in [2.75, 3.05) is 16.8 Å². The molecule has 0 saturated carbocycles. The van der Waals surface area contributed by atoms with Gasteiger partial charge in [0.15, 0.2) is 0 Å². The summed E-state index contributed by atoms with van der Waals surface area (Å²) in [6.45, 7) is 0.525. The van der Waals surface area contributed by atoms with Crippen LogP contribution < -0.4 is 10.2 Å². The van der Waals surface area contributed by atoms with Gasteiger partial charge in [0.1, 0.15) is 11.6 Å². The standard InChI is InChI=1S/C21H18ClFN4O2/c22-16-6-2-1-5-14(16)13-27-19(9-10-24-27)25-21(29)15-11-20(28)26(12-15)18-8-4-3-7-17(18)23/h1-10,15H,11-13H2,(H,25,29). The molecule has 148 valence electrons. The third-order valence-corrected chi connectivity index (χ3v) is 5.25. The Kier molecular flexibility index (Phi) is 5.31. The number of para-hydroxylation sites is 1. The first-order valence-corrected chi connectivity index (χ1v) is 9.51. The quantitative estimate of drug-likeness (QED) is 0.694. The Morgan fingerprint density at radius 2 is 1.93 bits per heavy atom. The average molecular weight is 413 g/mol. The molecule has 1 aromatic heterocycles. The fourth-order valence-corrected chi connectivity index (χ4v) is 3.56. The number of aromatic nitrogens is 2. The minimum absolute atomic E-state index is 0.0266. The fourth-order valence-electron chi connectivity index (χ4n) is 3.37. The van der Waals surface area contributed by atoms with Gasteiger partial charge in [0, 0.05) is 24.1 Å². The molecule has 1 aliphatic heterocycles. The van der Waals surface area contributed by atoms with Crippen LogP contribution in [0.3, 0.4) is 0 Å². The molecule has 1 saturated heterocycles. The molecule has 1 fully saturated rings. The molecular formula is C21H18ClFN4O2. The van der Waals surface area contributed by atoms with Gasteiger partial charge >= 0.3 is 0 Å². The van der Waals surface area contributed by atoms with E-state index in [0.29, 0.717) is 17.4 Å². The predicted octanol–water partition coefficient (Wildman–Crippen LogP) is 3.72. The molecule has 4 rings (SSSR count). The van der Waals surface area contributed by atoms with Crippen molar-refractivity contribution < 1.29 is 14.0 Å². The highest BCUT2D eigenvalue weighted by atomic mass is 35.5. The van der Waals surface area contributed by atoms with E-state index in [2.05, 4.69) is 10.4 Å². The lowest BCUT2D eigenvalue weighted by molar-refractivity contribution is -0.122. The van der Waals surface area contributed by atoms with Gasteiger partial charge in [0.2, 0.25) is 11.8 Å². The van der Waals surface area contributed by atoms with Crippen molar-refractivity contribution in [1.29, 1.82) is 0 Å². The lowest BCUT2D eigenvalue weighted by Gasteiger charge is -2.17. The number of carbonyl (C=O) groups is 2. The number of nitrogens with zero attached hydrogens (tertiary/aromatic N) is 3. The van der Waals surface area contributed by atoms with Crippen molar-refractivity contribution in [1.82, 2.24) is 9.78 Å². The van der Waals surface area contributed by atoms with Crippen LogP contribution in [0.2, 0.25) is 5.02 Å². The lowest BCUT2D eigenvalue weighted by atomic mass is 10.1. The normalized spacial score (nSPS) is 16.3. The molecule has 0 radical (unpaired) electrons. The number of rotatable bonds is 5. The third kappa shape index (κ3) is 4.00. The molecular weight excluding hydrogens is 395 g/mol. The summed E-state index contributed by atoms with van der Waals surface area (Å²) < 4.78 is 15.7. The highest BCUT2D eigenvalue weighted by Crippen LogP contribution is 2.28. The van der Waals surface area contributed by atoms with Gasteiger partial charge in [0.25, 0.3) is 0 Å². The van der Waals surface area contributed by atoms with Gasteiger partial charge in [-0.05, 0) is 23.8 Å². The summed E-state index contributed by atoms with van der Waals surface area (Å²) >= 11 is 6.20. The van der Waals surface area contributed by atoms with Crippen LogP contribution in [0.4, 0.5) is 15.9 Å². The van der Waals surface area contributed by atoms with Gasteiger partial charge in [-0.25, -0.2) is 9.07 Å². The van der Waals surface area contributed by atoms with Gasteiger partial charge in [-0.15, -0.1) is 0 Å². The van der Waals surface area contributed by atoms with Crippen molar-refractivity contribution in [3.8, 4) is 0 Å². The van der Waals surface area contributed by atoms with Crippen molar-refractivity contribution in [2.45, 2.75) is 13.0 Å². The number of anilines is 2. The van der Waals surface area contributed by atoms with Crippen molar-refractivity contribution >= 4 is 34.9 Å². The second-order valence-corrected chi connectivity index (χ2v) is 7.22. The number of halogens is 2. The first-order valence-electron chi connectivity index (χ1n) is 9.14. The van der Waals surface area contributed by atoms with E-state index in [1.807, 2.05) is 18.2 Å². The van der Waals surface area contributed by atoms with E-state index in [9.17, 15) is 14.0 Å². The number of nitrogens with one attached hydrogen (secondary N) is 1. The molecule has 0 aliphatic carbocycles. The number of hydrogen-bond acceptors (Lipinski definition) is 3. The Labute approximate surface area is 171 Å². The SMILES string of the molecule is O=C(Nc1ccnn1Cc1ccccc1Cl)C1CC(=O)N(c2ccccc2F)C1. The first kappa shape index (κ1) is 19.1. The minimum Gasteiger partial charge on any atom is -0.311 e. The summed E-state index contributed by atoms with van der Waals surface area (Å²) in [7, 11) is 0. The molecule has 8 heteroatoms. The zero-order chi connectivity index (χ0) is 20.4. The number of amides is 2. The van der Waals surface area contributed by atoms with E-state index < -0.39 is 11.7 Å². The summed E-state index contributed by atoms with van der Waals surface area (Å²) in [5.41, 5.74) is 1.06. The smallest absolute Gasteiger partial charge is 0.230 e. The van der Waals surface area contributed by atoms with Crippen LogP contribution in [0.25, 0.3) is 0 Å². The maximum absolute atomic E-state index is 14.0. The summed E-state index contributed by atoms with van der Waals surface area (Å²) in [5.74, 6) is -1.14. The van der Waals surface area contributed by atoms with E-state index in [4.69, 9.17) is 11.6 Å². The highest BCUT2D eigenvalue weighted by Gasteiger charge is 2.36. The second-order valence-electron chi connectivity index (χ2n) is 6.81. The Hall–Kier alpha value is -3.19. The van der Waals surface area contributed by atoms with E-state index in [1.165, 1.54) is 17.0 Å². The largest absolute Gasteiger partial charge is 0.311 e. The molecule has 1 N–H and O–H groups in total. The van der Waals surface area contributed by atoms with Gasteiger partial charge in [-0.2, -0.15) is 5.10 Å². The van der Waals surface area contributed by atoms with Crippen molar-refractivity contribution in [2.24, 2.45) is 5.92 Å². The van der Waals surface area contributed by atoms with Crippen LogP contribution in [-0.4, -0.2) is 28.1 Å². The topological polar surface area (TPSA) is 67.2 Å². The fraction of sp³-hybridized carbons (Fsp3) is 0.190. The third-order valence-electron chi connectivity index (χ3n) is 4.88. The molecule has 3 aromatic rings. The zero-order valence-electron chi connectivity index (χ0n) is 15.4. The number of benzene rings is 2. The van der Waals surface area contributed by atoms with E-state index in [1.54, 1.807) is 35.1 Å². The molecule has 1 atom stereocenters. The molecule has 6 nitrogen and oxygen atoms in total. The van der Waals surface area contributed by atoms with Gasteiger partial charge in [0.05, 0.1) is 24.3 Å². The molecule has 0 spiro atoms. The summed E-state index contributed by atoms with van der Waals surface area (Å²) in [5, 5.41) is 7.68. The Bertz CT molecular complexity index is 1070. The number of hydrogen-bond donors (Lipinski definition) is 1. The summed E-state index contributed by atoms with van der Waals surface area (Å²) in [6.07, 6.45) is 1.61. The van der Waals surface area contributed by atoms with Crippen LogP contribution >= 0.6 is 11.6 Å². The average Bonchev–Trinajstić information content (AvgIpc) is 3.30. The molecule has 1 aliphatic rings. The zero-order valence-corrected chi connectivity index (χ0v) is 16.1. The predicted molar refractivity (Wildman–Crippen MR) is 108 cm³/mol. The Morgan fingerprint density at radius 1 is 1.17 bits per heavy atom. The summed E-state index contributed by atoms with van der Waals surface area (Å²) in [4.78, 5) is 26.4. The lowest BCUT2D eigenvalue weighted by Crippen LogP contribution is -2.29. The first-order chi connectivity index (χ1) is 14.0. The molecule has 2 aromatic carbocycles. The maximum atomic E-state index is 14.0. The maximum Gasteiger partial charge on any atom is 0.230 e. The van der Waals surface area contributed by atoms with Gasteiger partial charge < -0.3 is 10.2 Å². The molecule has 2 amide bonds. The van der Waals surface area contributed by atoms with Crippen LogP contribution in [-0.2, 0) is 16.1 Å². The van der Waals surface area contributed by atoms with E-state index in [0.717, 1.165) is 5.56 Å².